The van der Waals surface area contributed by atoms with E-state index < -0.39 is 17.7 Å². The molecule has 3 rings (SSSR count). The van der Waals surface area contributed by atoms with Gasteiger partial charge in [0.05, 0.1) is 18.0 Å². The van der Waals surface area contributed by atoms with Gasteiger partial charge in [-0.25, -0.2) is 14.8 Å². The Bertz CT molecular complexity index is 893. The lowest BCUT2D eigenvalue weighted by molar-refractivity contribution is -0.368. The van der Waals surface area contributed by atoms with E-state index in [9.17, 15) is 18.0 Å². The van der Waals surface area contributed by atoms with Gasteiger partial charge in [-0.2, -0.15) is 13.2 Å². The number of nitrogens with zero attached hydrogens (tertiary/aromatic N) is 3. The number of pyridine rings is 2. The summed E-state index contributed by atoms with van der Waals surface area (Å²) in [6.45, 7) is 3.14. The Morgan fingerprint density at radius 1 is 1.14 bits per heavy atom. The number of oxime groups is 1. The molecule has 0 aromatic carbocycles. The maximum atomic E-state index is 13.2. The molecule has 1 fully saturated rings. The standard InChI is InChI=1S/C18H19F3N6O2/c1-12(28)29-25-16(22)13-4-5-15(24-11-13)26-7-9-27(10-8-26)17-14(18(19,20)21)3-2-6-23-17/h2-6,11H,7-10H2,1H3,(H2,22,25)/p+2. The van der Waals surface area contributed by atoms with Gasteiger partial charge in [0.25, 0.3) is 11.6 Å². The molecular formula is C18H21F3N6O2+2. The molecule has 0 bridgehead atoms. The third-order valence-electron chi connectivity index (χ3n) is 4.44. The first kappa shape index (κ1) is 20.4. The number of hydrogen-bond donors (Lipinski definition) is 1. The number of nitrogens with one attached hydrogen (secondary N) is 2. The lowest BCUT2D eigenvalue weighted by Gasteiger charge is -2.27. The second-order valence-electron chi connectivity index (χ2n) is 6.43. The van der Waals surface area contributed by atoms with Crippen LogP contribution in [0.25, 0.3) is 0 Å². The molecule has 0 unspecified atom stereocenters. The first-order chi connectivity index (χ1) is 13.8. The van der Waals surface area contributed by atoms with Crippen molar-refractivity contribution in [1.82, 2.24) is 0 Å². The number of piperazine rings is 1. The van der Waals surface area contributed by atoms with Gasteiger partial charge in [-0.1, -0.05) is 5.16 Å². The Kier molecular flexibility index (Phi) is 5.85. The molecule has 0 spiro atoms. The number of H-pyrrole nitrogens is 2. The van der Waals surface area contributed by atoms with Crippen molar-refractivity contribution >= 4 is 23.4 Å². The van der Waals surface area contributed by atoms with Gasteiger partial charge in [-0.3, -0.25) is 9.80 Å². The third-order valence-corrected chi connectivity index (χ3v) is 4.44. The van der Waals surface area contributed by atoms with Crippen LogP contribution in [0.2, 0.25) is 0 Å². The van der Waals surface area contributed by atoms with Crippen molar-refractivity contribution in [3.8, 4) is 0 Å². The summed E-state index contributed by atoms with van der Waals surface area (Å²) in [5, 5.41) is 3.52. The molecule has 0 amide bonds. The highest BCUT2D eigenvalue weighted by molar-refractivity contribution is 5.96. The fourth-order valence-electron chi connectivity index (χ4n) is 3.03. The number of alkyl halides is 3. The molecule has 0 atom stereocenters. The third kappa shape index (κ3) is 4.92. The van der Waals surface area contributed by atoms with Crippen LogP contribution in [-0.4, -0.2) is 38.0 Å². The van der Waals surface area contributed by atoms with Crippen molar-refractivity contribution in [2.45, 2.75) is 13.1 Å². The molecule has 0 radical (unpaired) electrons. The lowest BCUT2D eigenvalue weighted by atomic mass is 10.2. The molecule has 29 heavy (non-hydrogen) atoms. The van der Waals surface area contributed by atoms with Crippen LogP contribution >= 0.6 is 0 Å². The van der Waals surface area contributed by atoms with Crippen LogP contribution in [0, 0.1) is 0 Å². The van der Waals surface area contributed by atoms with E-state index in [0.717, 1.165) is 11.9 Å². The summed E-state index contributed by atoms with van der Waals surface area (Å²) in [6.07, 6.45) is -1.30. The molecule has 0 aliphatic carbocycles. The predicted molar refractivity (Wildman–Crippen MR) is 97.9 cm³/mol. The number of rotatable bonds is 4. The molecule has 1 aliphatic heterocycles. The second-order valence-corrected chi connectivity index (χ2v) is 6.43. The van der Waals surface area contributed by atoms with Crippen LogP contribution in [0.5, 0.6) is 0 Å². The van der Waals surface area contributed by atoms with Crippen molar-refractivity contribution in [2.24, 2.45) is 10.9 Å². The minimum atomic E-state index is -4.42. The summed E-state index contributed by atoms with van der Waals surface area (Å²) < 4.78 is 39.7. The maximum absolute atomic E-state index is 13.2. The molecule has 8 nitrogen and oxygen atoms in total. The van der Waals surface area contributed by atoms with Crippen molar-refractivity contribution in [3.05, 3.63) is 47.8 Å². The molecule has 154 valence electrons. The maximum Gasteiger partial charge on any atom is 0.424 e. The van der Waals surface area contributed by atoms with Crippen molar-refractivity contribution in [1.29, 1.82) is 0 Å². The highest BCUT2D eigenvalue weighted by Crippen LogP contribution is 2.34. The van der Waals surface area contributed by atoms with Crippen LogP contribution in [0.1, 0.15) is 18.1 Å². The van der Waals surface area contributed by atoms with Crippen LogP contribution in [0.3, 0.4) is 0 Å². The molecule has 2 aromatic rings. The van der Waals surface area contributed by atoms with Crippen molar-refractivity contribution in [3.63, 3.8) is 0 Å². The SMILES string of the molecule is CC(=O)O/N=C(\N)c1ccc(N2CCN(c3[nH+]cccc3C(F)(F)F)CC2)[nH+]c1. The van der Waals surface area contributed by atoms with Gasteiger partial charge >= 0.3 is 12.1 Å². The Morgan fingerprint density at radius 2 is 1.83 bits per heavy atom. The zero-order valence-electron chi connectivity index (χ0n) is 15.7. The number of halogens is 3. The van der Waals surface area contributed by atoms with Gasteiger partial charge in [0.15, 0.2) is 5.84 Å². The zero-order chi connectivity index (χ0) is 21.0. The van der Waals surface area contributed by atoms with E-state index in [0.29, 0.717) is 31.7 Å². The quantitative estimate of drug-likeness (QED) is 0.349. The summed E-state index contributed by atoms with van der Waals surface area (Å²) in [5.41, 5.74) is 5.61. The van der Waals surface area contributed by atoms with Crippen molar-refractivity contribution < 1.29 is 32.8 Å². The van der Waals surface area contributed by atoms with E-state index in [4.69, 9.17) is 5.73 Å². The number of nitrogens with two attached hydrogens (primary N) is 1. The van der Waals surface area contributed by atoms with Gasteiger partial charge in [0.1, 0.15) is 31.7 Å². The van der Waals surface area contributed by atoms with Crippen LogP contribution in [-0.2, 0) is 15.8 Å². The first-order valence-electron chi connectivity index (χ1n) is 8.86. The Hall–Kier alpha value is -3.37. The molecule has 4 N–H and O–H groups in total. The van der Waals surface area contributed by atoms with Gasteiger partial charge in [0.2, 0.25) is 0 Å². The highest BCUT2D eigenvalue weighted by atomic mass is 19.4. The molecule has 3 heterocycles. The largest absolute Gasteiger partial charge is 0.424 e. The molecule has 11 heteroatoms. The monoisotopic (exact) mass is 410 g/mol. The van der Waals surface area contributed by atoms with E-state index >= 15 is 0 Å². The number of amidine groups is 1. The number of aromatic amines is 2. The average Bonchev–Trinajstić information content (AvgIpc) is 2.71. The predicted octanol–water partition coefficient (Wildman–Crippen LogP) is 0.844. The second kappa shape index (κ2) is 8.33. The molecular weight excluding hydrogens is 389 g/mol. The minimum absolute atomic E-state index is 0.0483. The van der Waals surface area contributed by atoms with Crippen LogP contribution < -0.4 is 25.5 Å². The number of carbonyl (C=O) groups is 1. The average molecular weight is 410 g/mol. The summed E-state index contributed by atoms with van der Waals surface area (Å²) in [5.74, 6) is 0.345. The fraction of sp³-hybridized carbons (Fsp3) is 0.333. The number of carbonyl (C=O) groups excluding carboxylic acids is 1. The van der Waals surface area contributed by atoms with E-state index in [1.165, 1.54) is 19.2 Å². The summed E-state index contributed by atoms with van der Waals surface area (Å²) in [7, 11) is 0. The van der Waals surface area contributed by atoms with E-state index in [-0.39, 0.29) is 11.7 Å². The van der Waals surface area contributed by atoms with E-state index in [1.54, 1.807) is 23.2 Å². The Balaban J connectivity index is 1.66. The number of aromatic nitrogens is 2. The molecule has 1 aliphatic rings. The lowest BCUT2D eigenvalue weighted by Crippen LogP contribution is -2.50. The first-order valence-corrected chi connectivity index (χ1v) is 8.86. The van der Waals surface area contributed by atoms with Crippen LogP contribution in [0.4, 0.5) is 24.8 Å². The smallest absolute Gasteiger partial charge is 0.380 e. The molecule has 0 saturated carbocycles. The van der Waals surface area contributed by atoms with E-state index in [1.807, 2.05) is 4.90 Å². The van der Waals surface area contributed by atoms with Crippen molar-refractivity contribution in [2.75, 3.05) is 36.0 Å². The normalized spacial score (nSPS) is 15.4. The number of anilines is 2. The fourth-order valence-corrected chi connectivity index (χ4v) is 3.03. The topological polar surface area (TPSA) is 99.4 Å². The summed E-state index contributed by atoms with van der Waals surface area (Å²) >= 11 is 0. The summed E-state index contributed by atoms with van der Waals surface area (Å²) in [6, 6.07) is 5.92. The van der Waals surface area contributed by atoms with Gasteiger partial charge in [0, 0.05) is 13.0 Å². The molecule has 2 aromatic heterocycles. The van der Waals surface area contributed by atoms with Gasteiger partial charge in [-0.15, -0.1) is 0 Å². The minimum Gasteiger partial charge on any atom is -0.380 e. The van der Waals surface area contributed by atoms with Gasteiger partial charge in [-0.05, 0) is 18.2 Å². The van der Waals surface area contributed by atoms with Crippen LogP contribution in [0.15, 0.2) is 41.8 Å². The molecule has 1 saturated heterocycles. The Morgan fingerprint density at radius 3 is 2.41 bits per heavy atom. The van der Waals surface area contributed by atoms with Gasteiger partial charge < -0.3 is 10.6 Å². The Labute approximate surface area is 164 Å². The summed E-state index contributed by atoms with van der Waals surface area (Å²) in [4.78, 5) is 24.8. The number of hydrogen-bond acceptors (Lipinski definition) is 5. The highest BCUT2D eigenvalue weighted by Gasteiger charge is 2.40. The zero-order valence-corrected chi connectivity index (χ0v) is 15.7. The van der Waals surface area contributed by atoms with E-state index in [2.05, 4.69) is 20.0 Å².